The van der Waals surface area contributed by atoms with Crippen LogP contribution in [0.15, 0.2) is 21.9 Å². The van der Waals surface area contributed by atoms with Gasteiger partial charge in [0.05, 0.1) is 0 Å². The Morgan fingerprint density at radius 3 is 2.23 bits per heavy atom. The number of nitrogens with one attached hydrogen (secondary N) is 1. The number of nitrogens with zero attached hydrogens (tertiary/aromatic N) is 1. The molecule has 1 aromatic heterocycles. The Balaban J connectivity index is 0.00000144. The van der Waals surface area contributed by atoms with Crippen LogP contribution in [0.2, 0.25) is 0 Å². The molecule has 0 saturated carbocycles. The zero-order chi connectivity index (χ0) is 9.35. The van der Waals surface area contributed by atoms with Crippen LogP contribution in [-0.2, 0) is 6.30 Å². The summed E-state index contributed by atoms with van der Waals surface area (Å²) in [4.78, 5) is 22.3. The molecule has 0 amide bonds. The normalized spacial score (nSPS) is 10.7. The van der Waals surface area contributed by atoms with Gasteiger partial charge in [0.2, 0.25) is 0 Å². The fraction of sp³-hybridized carbons (Fsp3) is 0.200. The number of hydrogen-bond acceptors (Lipinski definition) is 2. The number of aromatic nitrogens is 2. The van der Waals surface area contributed by atoms with Gasteiger partial charge in [0.1, 0.15) is 0 Å². The van der Waals surface area contributed by atoms with Crippen molar-refractivity contribution in [2.45, 2.75) is 6.30 Å². The van der Waals surface area contributed by atoms with Crippen molar-refractivity contribution >= 4 is 12.4 Å². The Hall–Kier alpha value is -1.24. The molecule has 13 heavy (non-hydrogen) atoms. The average molecular weight is 217 g/mol. The Bertz CT molecular complexity index is 394. The van der Waals surface area contributed by atoms with Crippen molar-refractivity contribution < 1.29 is 13.2 Å². The molecule has 4 nitrogen and oxygen atoms in total. The molecule has 0 aliphatic heterocycles. The Labute approximate surface area is 75.4 Å². The molecule has 1 aromatic rings. The summed E-state index contributed by atoms with van der Waals surface area (Å²) in [5.74, 6) is 0. The molecule has 0 fully saturated rings. The van der Waals surface area contributed by atoms with Crippen molar-refractivity contribution in [1.82, 2.24) is 9.55 Å². The van der Waals surface area contributed by atoms with E-state index in [-0.39, 0.29) is 12.4 Å². The lowest BCUT2D eigenvalue weighted by Crippen LogP contribution is -2.35. The van der Waals surface area contributed by atoms with Crippen LogP contribution in [0, 0.1) is 0 Å². The lowest BCUT2D eigenvalue weighted by atomic mass is 10.6. The van der Waals surface area contributed by atoms with Gasteiger partial charge in [-0.2, -0.15) is 0 Å². The van der Waals surface area contributed by atoms with Crippen molar-refractivity contribution in [1.29, 1.82) is 0 Å². The van der Waals surface area contributed by atoms with E-state index in [0.717, 1.165) is 0 Å². The minimum absolute atomic E-state index is 0. The van der Waals surface area contributed by atoms with Gasteiger partial charge in [0, 0.05) is 12.3 Å². The minimum atomic E-state index is -4.79. The van der Waals surface area contributed by atoms with Crippen LogP contribution < -0.4 is 11.2 Å². The first-order chi connectivity index (χ1) is 5.41. The largest absolute Gasteiger partial charge is 0.492 e. The van der Waals surface area contributed by atoms with E-state index in [9.17, 15) is 22.8 Å². The maximum absolute atomic E-state index is 11.8. The highest BCUT2D eigenvalue weighted by Crippen LogP contribution is 2.18. The summed E-state index contributed by atoms with van der Waals surface area (Å²) in [5.41, 5.74) is -2.35. The molecule has 0 radical (unpaired) electrons. The van der Waals surface area contributed by atoms with E-state index >= 15 is 0 Å². The lowest BCUT2D eigenvalue weighted by molar-refractivity contribution is -0.207. The highest BCUT2D eigenvalue weighted by atomic mass is 35.5. The molecule has 0 saturated heterocycles. The maximum atomic E-state index is 11.8. The first kappa shape index (κ1) is 11.8. The second-order valence-electron chi connectivity index (χ2n) is 1.95. The van der Waals surface area contributed by atoms with Gasteiger partial charge in [-0.25, -0.2) is 9.36 Å². The number of alkyl halides is 3. The van der Waals surface area contributed by atoms with E-state index in [1.165, 1.54) is 4.98 Å². The summed E-state index contributed by atoms with van der Waals surface area (Å²) in [6, 6.07) is 0.620. The molecule has 0 aromatic carbocycles. The SMILES string of the molecule is Cl.O=c1ccn(C(F)(F)F)c(=O)[nH]1. The molecule has 0 spiro atoms. The monoisotopic (exact) mass is 216 g/mol. The van der Waals surface area contributed by atoms with Crippen LogP contribution >= 0.6 is 12.4 Å². The first-order valence-electron chi connectivity index (χ1n) is 2.80. The minimum Gasteiger partial charge on any atom is -0.274 e. The first-order valence-corrected chi connectivity index (χ1v) is 2.80. The van der Waals surface area contributed by atoms with Crippen LogP contribution in [0.1, 0.15) is 0 Å². The molecule has 0 unspecified atom stereocenters. The van der Waals surface area contributed by atoms with Crippen LogP contribution in [-0.4, -0.2) is 9.55 Å². The van der Waals surface area contributed by atoms with Crippen molar-refractivity contribution in [2.24, 2.45) is 0 Å². The molecular formula is C5H4ClF3N2O2. The van der Waals surface area contributed by atoms with Gasteiger partial charge in [-0.05, 0) is 0 Å². The molecule has 1 heterocycles. The number of hydrogen-bond donors (Lipinski definition) is 1. The van der Waals surface area contributed by atoms with Gasteiger partial charge in [0.15, 0.2) is 0 Å². The predicted molar refractivity (Wildman–Crippen MR) is 39.9 cm³/mol. The quantitative estimate of drug-likeness (QED) is 0.684. The second-order valence-corrected chi connectivity index (χ2v) is 1.95. The fourth-order valence-electron chi connectivity index (χ4n) is 0.617. The highest BCUT2D eigenvalue weighted by Gasteiger charge is 2.31. The molecule has 0 aliphatic carbocycles. The van der Waals surface area contributed by atoms with E-state index in [2.05, 4.69) is 0 Å². The second kappa shape index (κ2) is 3.65. The van der Waals surface area contributed by atoms with E-state index in [1.54, 1.807) is 0 Å². The topological polar surface area (TPSA) is 54.9 Å². The number of H-pyrrole nitrogens is 1. The van der Waals surface area contributed by atoms with E-state index in [1.807, 2.05) is 0 Å². The Morgan fingerprint density at radius 2 is 1.85 bits per heavy atom. The number of aromatic amines is 1. The van der Waals surface area contributed by atoms with Crippen molar-refractivity contribution in [3.63, 3.8) is 0 Å². The predicted octanol–water partition coefficient (Wildman–Crippen LogP) is 0.435. The molecule has 1 rings (SSSR count). The molecular weight excluding hydrogens is 213 g/mol. The Kier molecular flexibility index (Phi) is 3.30. The molecule has 8 heteroatoms. The Morgan fingerprint density at radius 1 is 1.31 bits per heavy atom. The van der Waals surface area contributed by atoms with Crippen LogP contribution in [0.4, 0.5) is 13.2 Å². The van der Waals surface area contributed by atoms with Gasteiger partial charge in [-0.1, -0.05) is 0 Å². The van der Waals surface area contributed by atoms with Crippen LogP contribution in [0.5, 0.6) is 0 Å². The molecule has 0 bridgehead atoms. The highest BCUT2D eigenvalue weighted by molar-refractivity contribution is 5.85. The summed E-state index contributed by atoms with van der Waals surface area (Å²) in [5, 5.41) is 0. The fourth-order valence-corrected chi connectivity index (χ4v) is 0.617. The average Bonchev–Trinajstić information content (AvgIpc) is 1.83. The molecule has 74 valence electrons. The summed E-state index contributed by atoms with van der Waals surface area (Å²) in [6.45, 7) is 0. The van der Waals surface area contributed by atoms with Crippen LogP contribution in [0.25, 0.3) is 0 Å². The van der Waals surface area contributed by atoms with Gasteiger partial charge in [-0.3, -0.25) is 9.78 Å². The van der Waals surface area contributed by atoms with E-state index in [0.29, 0.717) is 12.3 Å². The summed E-state index contributed by atoms with van der Waals surface area (Å²) >= 11 is 0. The number of halogens is 4. The molecule has 0 atom stereocenters. The molecule has 0 aliphatic rings. The lowest BCUT2D eigenvalue weighted by Gasteiger charge is -2.06. The van der Waals surface area contributed by atoms with Crippen molar-refractivity contribution in [3.05, 3.63) is 33.1 Å². The van der Waals surface area contributed by atoms with Crippen LogP contribution in [0.3, 0.4) is 0 Å². The zero-order valence-electron chi connectivity index (χ0n) is 5.96. The number of rotatable bonds is 0. The maximum Gasteiger partial charge on any atom is 0.492 e. The summed E-state index contributed by atoms with van der Waals surface area (Å²) < 4.78 is 34.9. The summed E-state index contributed by atoms with van der Waals surface area (Å²) in [7, 11) is 0. The smallest absolute Gasteiger partial charge is 0.274 e. The van der Waals surface area contributed by atoms with Crippen molar-refractivity contribution in [2.75, 3.05) is 0 Å². The van der Waals surface area contributed by atoms with E-state index in [4.69, 9.17) is 0 Å². The van der Waals surface area contributed by atoms with Gasteiger partial charge < -0.3 is 0 Å². The van der Waals surface area contributed by atoms with Gasteiger partial charge in [0.25, 0.3) is 5.56 Å². The summed E-state index contributed by atoms with van der Waals surface area (Å²) in [6.07, 6.45) is -4.41. The van der Waals surface area contributed by atoms with E-state index < -0.39 is 22.1 Å². The standard InChI is InChI=1S/C5H3F3N2O2.ClH/c6-5(7,8)10-2-1-3(11)9-4(10)12;/h1-2H,(H,9,11,12);1H. The molecule has 1 N–H and O–H groups in total. The third-order valence-corrected chi connectivity index (χ3v) is 1.10. The van der Waals surface area contributed by atoms with Gasteiger partial charge in [-0.15, -0.1) is 25.6 Å². The third kappa shape index (κ3) is 2.62. The zero-order valence-corrected chi connectivity index (χ0v) is 6.78. The third-order valence-electron chi connectivity index (χ3n) is 1.10. The van der Waals surface area contributed by atoms with Gasteiger partial charge >= 0.3 is 12.0 Å². The van der Waals surface area contributed by atoms with Crippen molar-refractivity contribution in [3.8, 4) is 0 Å².